The third-order valence-corrected chi connectivity index (χ3v) is 7.10. The summed E-state index contributed by atoms with van der Waals surface area (Å²) in [7, 11) is 0. The first-order valence-corrected chi connectivity index (χ1v) is 13.5. The van der Waals surface area contributed by atoms with Crippen LogP contribution in [-0.2, 0) is 14.3 Å². The van der Waals surface area contributed by atoms with Crippen molar-refractivity contribution in [2.75, 3.05) is 26.2 Å². The normalized spacial score (nSPS) is 16.9. The molecule has 1 fully saturated rings. The number of ether oxygens (including phenoxy) is 2. The fourth-order valence-electron chi connectivity index (χ4n) is 5.37. The number of benzene rings is 2. The van der Waals surface area contributed by atoms with Crippen LogP contribution in [0.5, 0.6) is 0 Å². The van der Waals surface area contributed by atoms with Crippen LogP contribution in [0.15, 0.2) is 48.5 Å². The Morgan fingerprint density at radius 3 is 2.24 bits per heavy atom. The maximum absolute atomic E-state index is 13.4. The summed E-state index contributed by atoms with van der Waals surface area (Å²) in [6.45, 7) is 6.75. The van der Waals surface area contributed by atoms with Gasteiger partial charge in [-0.1, -0.05) is 48.5 Å². The predicted octanol–water partition coefficient (Wildman–Crippen LogP) is 5.89. The third-order valence-electron chi connectivity index (χ3n) is 7.10. The number of likely N-dealkylation sites (tertiary alicyclic amines) is 1. The molecule has 1 atom stereocenters. The molecule has 0 saturated carbocycles. The van der Waals surface area contributed by atoms with Gasteiger partial charge in [0, 0.05) is 32.0 Å². The van der Waals surface area contributed by atoms with Gasteiger partial charge in [-0.15, -0.1) is 0 Å². The molecule has 0 radical (unpaired) electrons. The van der Waals surface area contributed by atoms with Crippen LogP contribution in [-0.4, -0.2) is 70.9 Å². The Hall–Kier alpha value is -3.55. The number of hydrogen-bond donors (Lipinski definition) is 1. The van der Waals surface area contributed by atoms with Crippen LogP contribution < -0.4 is 0 Å². The maximum atomic E-state index is 13.4. The molecule has 1 heterocycles. The van der Waals surface area contributed by atoms with Crippen molar-refractivity contribution < 1.29 is 29.0 Å². The van der Waals surface area contributed by atoms with E-state index >= 15 is 0 Å². The van der Waals surface area contributed by atoms with E-state index in [2.05, 4.69) is 24.3 Å². The first-order chi connectivity index (χ1) is 18.1. The average Bonchev–Trinajstić information content (AvgIpc) is 3.19. The molecule has 1 saturated heterocycles. The lowest BCUT2D eigenvalue weighted by molar-refractivity contribution is -0.137. The minimum absolute atomic E-state index is 0.0480. The lowest BCUT2D eigenvalue weighted by Gasteiger charge is -2.39. The lowest BCUT2D eigenvalue weighted by Crippen LogP contribution is -2.52. The molecule has 0 bridgehead atoms. The number of piperidine rings is 1. The SMILES string of the molecule is CC(C)(C)OC(=O)N1CCCCC1CN(CCCC(=O)O)C(=O)OCC1c2ccccc2-c2ccccc21. The van der Waals surface area contributed by atoms with Crippen molar-refractivity contribution in [2.45, 2.75) is 70.4 Å². The third kappa shape index (κ3) is 6.65. The molecule has 2 aromatic carbocycles. The number of carboxylic acids is 1. The minimum Gasteiger partial charge on any atom is -0.481 e. The molecule has 1 aliphatic carbocycles. The molecule has 8 nitrogen and oxygen atoms in total. The average molecular weight is 523 g/mol. The maximum Gasteiger partial charge on any atom is 0.410 e. The summed E-state index contributed by atoms with van der Waals surface area (Å²) in [5.41, 5.74) is 3.94. The highest BCUT2D eigenvalue weighted by Crippen LogP contribution is 2.44. The molecule has 0 spiro atoms. The Balaban J connectivity index is 1.47. The van der Waals surface area contributed by atoms with Crippen LogP contribution in [0, 0.1) is 0 Å². The van der Waals surface area contributed by atoms with Gasteiger partial charge in [-0.3, -0.25) is 4.79 Å². The zero-order valence-corrected chi connectivity index (χ0v) is 22.5. The van der Waals surface area contributed by atoms with Crippen LogP contribution >= 0.6 is 0 Å². The lowest BCUT2D eigenvalue weighted by atomic mass is 9.98. The first kappa shape index (κ1) is 27.5. The van der Waals surface area contributed by atoms with Gasteiger partial charge in [0.15, 0.2) is 0 Å². The van der Waals surface area contributed by atoms with Crippen molar-refractivity contribution in [1.29, 1.82) is 0 Å². The van der Waals surface area contributed by atoms with Crippen LogP contribution in [0.1, 0.15) is 69.9 Å². The Morgan fingerprint density at radius 2 is 1.63 bits per heavy atom. The smallest absolute Gasteiger partial charge is 0.410 e. The largest absolute Gasteiger partial charge is 0.481 e. The highest BCUT2D eigenvalue weighted by atomic mass is 16.6. The number of fused-ring (bicyclic) bond motifs is 3. The summed E-state index contributed by atoms with van der Waals surface area (Å²) in [5, 5.41) is 9.14. The van der Waals surface area contributed by atoms with Crippen LogP contribution in [0.25, 0.3) is 11.1 Å². The molecule has 4 rings (SSSR count). The highest BCUT2D eigenvalue weighted by molar-refractivity contribution is 5.79. The van der Waals surface area contributed by atoms with Crippen molar-refractivity contribution in [3.05, 3.63) is 59.7 Å². The van der Waals surface area contributed by atoms with E-state index in [1.165, 1.54) is 0 Å². The van der Waals surface area contributed by atoms with E-state index < -0.39 is 17.7 Å². The molecule has 1 N–H and O–H groups in total. The van der Waals surface area contributed by atoms with Gasteiger partial charge in [0.05, 0.1) is 6.04 Å². The fourth-order valence-corrected chi connectivity index (χ4v) is 5.37. The second-order valence-corrected chi connectivity index (χ2v) is 11.1. The molecule has 2 aromatic rings. The molecule has 0 aromatic heterocycles. The van der Waals surface area contributed by atoms with Gasteiger partial charge >= 0.3 is 18.2 Å². The molecular formula is C30H38N2O6. The number of carbonyl (C=O) groups is 3. The molecule has 1 unspecified atom stereocenters. The number of hydrogen-bond acceptors (Lipinski definition) is 5. The van der Waals surface area contributed by atoms with E-state index in [4.69, 9.17) is 14.6 Å². The van der Waals surface area contributed by atoms with Gasteiger partial charge in [0.2, 0.25) is 0 Å². The van der Waals surface area contributed by atoms with Crippen molar-refractivity contribution in [1.82, 2.24) is 9.80 Å². The van der Waals surface area contributed by atoms with Gasteiger partial charge in [-0.05, 0) is 68.7 Å². The van der Waals surface area contributed by atoms with E-state index in [0.29, 0.717) is 13.0 Å². The first-order valence-electron chi connectivity index (χ1n) is 13.5. The number of rotatable bonds is 8. The monoisotopic (exact) mass is 522 g/mol. The van der Waals surface area contributed by atoms with Crippen molar-refractivity contribution in [2.24, 2.45) is 0 Å². The Morgan fingerprint density at radius 1 is 1.00 bits per heavy atom. The summed E-state index contributed by atoms with van der Waals surface area (Å²) in [6.07, 6.45) is 1.93. The zero-order valence-electron chi connectivity index (χ0n) is 22.5. The summed E-state index contributed by atoms with van der Waals surface area (Å²) in [5.74, 6) is -0.981. The summed E-state index contributed by atoms with van der Waals surface area (Å²) in [6, 6.07) is 16.1. The topological polar surface area (TPSA) is 96.4 Å². The summed E-state index contributed by atoms with van der Waals surface area (Å²) < 4.78 is 11.5. The standard InChI is InChI=1S/C30H38N2O6/c1-30(2,3)38-29(36)32-18-9-8-11-21(32)19-31(17-10-16-27(33)34)28(35)37-20-26-24-14-6-4-12-22(24)23-13-5-7-15-25(23)26/h4-7,12-15,21,26H,8-11,16-20H2,1-3H3,(H,33,34). The summed E-state index contributed by atoms with van der Waals surface area (Å²) >= 11 is 0. The molecule has 38 heavy (non-hydrogen) atoms. The minimum atomic E-state index is -0.912. The van der Waals surface area contributed by atoms with Gasteiger partial charge in [-0.25, -0.2) is 9.59 Å². The molecule has 2 amide bonds. The second-order valence-electron chi connectivity index (χ2n) is 11.1. The summed E-state index contributed by atoms with van der Waals surface area (Å²) in [4.78, 5) is 40.7. The van der Waals surface area contributed by atoms with Crippen molar-refractivity contribution in [3.8, 4) is 11.1 Å². The van der Waals surface area contributed by atoms with E-state index in [1.54, 1.807) is 9.80 Å². The Bertz CT molecular complexity index is 1110. The molecule has 2 aliphatic rings. The van der Waals surface area contributed by atoms with Gasteiger partial charge < -0.3 is 24.4 Å². The van der Waals surface area contributed by atoms with E-state index in [1.807, 2.05) is 45.0 Å². The van der Waals surface area contributed by atoms with Crippen molar-refractivity contribution >= 4 is 18.2 Å². The molecular weight excluding hydrogens is 484 g/mol. The van der Waals surface area contributed by atoms with E-state index in [9.17, 15) is 14.4 Å². The van der Waals surface area contributed by atoms with Gasteiger partial charge in [0.25, 0.3) is 0 Å². The Labute approximate surface area is 224 Å². The molecule has 8 heteroatoms. The van der Waals surface area contributed by atoms with Gasteiger partial charge in [-0.2, -0.15) is 0 Å². The molecule has 1 aliphatic heterocycles. The van der Waals surface area contributed by atoms with E-state index in [-0.39, 0.29) is 44.2 Å². The number of nitrogens with zero attached hydrogens (tertiary/aromatic N) is 2. The number of carboxylic acid groups (broad SMARTS) is 1. The van der Waals surface area contributed by atoms with Gasteiger partial charge in [0.1, 0.15) is 12.2 Å². The molecule has 204 valence electrons. The van der Waals surface area contributed by atoms with Crippen molar-refractivity contribution in [3.63, 3.8) is 0 Å². The predicted molar refractivity (Wildman–Crippen MR) is 144 cm³/mol. The second kappa shape index (κ2) is 11.9. The quantitative estimate of drug-likeness (QED) is 0.464. The highest BCUT2D eigenvalue weighted by Gasteiger charge is 2.34. The van der Waals surface area contributed by atoms with Crippen LogP contribution in [0.4, 0.5) is 9.59 Å². The number of carbonyl (C=O) groups excluding carboxylic acids is 2. The van der Waals surface area contributed by atoms with Crippen LogP contribution in [0.3, 0.4) is 0 Å². The van der Waals surface area contributed by atoms with E-state index in [0.717, 1.165) is 41.5 Å². The van der Waals surface area contributed by atoms with Crippen LogP contribution in [0.2, 0.25) is 0 Å². The number of aliphatic carboxylic acids is 1. The fraction of sp³-hybridized carbons (Fsp3) is 0.500. The zero-order chi connectivity index (χ0) is 27.3. The Kier molecular flexibility index (Phi) is 8.59. The number of amides is 2.